The topological polar surface area (TPSA) is 23.8 Å². The number of allylic oxidation sites excluding steroid dienone is 2. The molecular weight excluding hydrogens is 86.1 g/mol. The van der Waals surface area contributed by atoms with Gasteiger partial charge in [0.2, 0.25) is 0 Å². The van der Waals surface area contributed by atoms with E-state index in [-0.39, 0.29) is 5.92 Å². The van der Waals surface area contributed by atoms with Gasteiger partial charge in [0.05, 0.1) is 12.0 Å². The zero-order valence-electron chi connectivity index (χ0n) is 4.09. The average Bonchev–Trinajstić information content (AvgIpc) is 1.72. The highest BCUT2D eigenvalue weighted by Gasteiger charge is 1.88. The number of hydrogen-bond donors (Lipinski definition) is 0. The van der Waals surface area contributed by atoms with Gasteiger partial charge in [-0.05, 0) is 0 Å². The van der Waals surface area contributed by atoms with Crippen molar-refractivity contribution in [2.24, 2.45) is 5.92 Å². The number of nitrogens with zero attached hydrogens (tertiary/aromatic N) is 1. The quantitative estimate of drug-likeness (QED) is 0.474. The Labute approximate surface area is 43.6 Å². The zero-order chi connectivity index (χ0) is 5.70. The van der Waals surface area contributed by atoms with E-state index in [4.69, 9.17) is 5.26 Å². The monoisotopic (exact) mass is 93.1 g/mol. The Morgan fingerprint density at radius 2 is 1.86 bits per heavy atom. The van der Waals surface area contributed by atoms with Crippen LogP contribution in [0, 0.1) is 17.2 Å². The third-order valence-electron chi connectivity index (χ3n) is 0.657. The molecule has 0 saturated carbocycles. The fourth-order valence-electron chi connectivity index (χ4n) is 0.202. The molecule has 0 rings (SSSR count). The molecule has 0 N–H and O–H groups in total. The number of nitriles is 1. The zero-order valence-corrected chi connectivity index (χ0v) is 4.09. The predicted octanol–water partition coefficient (Wildman–Crippen LogP) is 1.50. The van der Waals surface area contributed by atoms with Crippen LogP contribution in [0.2, 0.25) is 0 Å². The molecule has 0 unspecified atom stereocenters. The molecule has 0 aromatic heterocycles. The molecule has 0 radical (unpaired) electrons. The van der Waals surface area contributed by atoms with Crippen molar-refractivity contribution in [2.75, 3.05) is 0 Å². The first kappa shape index (κ1) is 5.97. The Kier molecular flexibility index (Phi) is 2.70. The lowest BCUT2D eigenvalue weighted by Crippen LogP contribution is -1.80. The van der Waals surface area contributed by atoms with Gasteiger partial charge in [0.25, 0.3) is 0 Å². The molecule has 0 atom stereocenters. The van der Waals surface area contributed by atoms with Crippen molar-refractivity contribution < 1.29 is 0 Å². The molecule has 0 saturated heterocycles. The van der Waals surface area contributed by atoms with Crippen LogP contribution >= 0.6 is 0 Å². The summed E-state index contributed by atoms with van der Waals surface area (Å²) in [4.78, 5) is 0. The lowest BCUT2D eigenvalue weighted by atomic mass is 10.2. The van der Waals surface area contributed by atoms with E-state index in [2.05, 4.69) is 13.2 Å². The summed E-state index contributed by atoms with van der Waals surface area (Å²) in [5.74, 6) is -0.181. The van der Waals surface area contributed by atoms with Gasteiger partial charge in [-0.15, -0.1) is 13.2 Å². The highest BCUT2D eigenvalue weighted by molar-refractivity contribution is 5.05. The van der Waals surface area contributed by atoms with E-state index in [9.17, 15) is 0 Å². The second-order valence-corrected chi connectivity index (χ2v) is 1.13. The molecule has 7 heavy (non-hydrogen) atoms. The molecule has 0 spiro atoms. The van der Waals surface area contributed by atoms with Crippen LogP contribution in [-0.4, -0.2) is 0 Å². The maximum atomic E-state index is 8.13. The van der Waals surface area contributed by atoms with Crippen LogP contribution in [0.15, 0.2) is 25.3 Å². The largest absolute Gasteiger partial charge is 0.197 e. The molecule has 0 aliphatic heterocycles. The summed E-state index contributed by atoms with van der Waals surface area (Å²) in [6.07, 6.45) is 3.10. The standard InChI is InChI=1S/C6H7N/c1-3-6(4-2)5-7/h3-4,6H,1-2H2. The minimum Gasteiger partial charge on any atom is -0.197 e. The van der Waals surface area contributed by atoms with E-state index in [1.807, 2.05) is 6.07 Å². The summed E-state index contributed by atoms with van der Waals surface area (Å²) in [6.45, 7) is 6.82. The van der Waals surface area contributed by atoms with Crippen LogP contribution in [0.25, 0.3) is 0 Å². The van der Waals surface area contributed by atoms with Crippen molar-refractivity contribution in [2.45, 2.75) is 0 Å². The van der Waals surface area contributed by atoms with E-state index in [1.165, 1.54) is 0 Å². The lowest BCUT2D eigenvalue weighted by molar-refractivity contribution is 1.09. The molecule has 1 nitrogen and oxygen atoms in total. The van der Waals surface area contributed by atoms with Crippen molar-refractivity contribution in [3.05, 3.63) is 25.3 Å². The van der Waals surface area contributed by atoms with Crippen LogP contribution in [0.5, 0.6) is 0 Å². The van der Waals surface area contributed by atoms with Crippen molar-refractivity contribution in [3.8, 4) is 6.07 Å². The van der Waals surface area contributed by atoms with E-state index in [0.29, 0.717) is 0 Å². The van der Waals surface area contributed by atoms with E-state index < -0.39 is 0 Å². The molecule has 0 aromatic rings. The Hall–Kier alpha value is -1.03. The van der Waals surface area contributed by atoms with Gasteiger partial charge in [-0.25, -0.2) is 0 Å². The van der Waals surface area contributed by atoms with Crippen LogP contribution in [0.3, 0.4) is 0 Å². The van der Waals surface area contributed by atoms with Gasteiger partial charge in [0.15, 0.2) is 0 Å². The minimum atomic E-state index is -0.181. The third-order valence-corrected chi connectivity index (χ3v) is 0.657. The molecule has 36 valence electrons. The van der Waals surface area contributed by atoms with Gasteiger partial charge in [-0.1, -0.05) is 12.2 Å². The maximum absolute atomic E-state index is 8.13. The summed E-state index contributed by atoms with van der Waals surface area (Å²) in [5.41, 5.74) is 0. The Bertz CT molecular complexity index is 99.8. The molecule has 0 aliphatic rings. The summed E-state index contributed by atoms with van der Waals surface area (Å²) in [5, 5.41) is 8.13. The van der Waals surface area contributed by atoms with Gasteiger partial charge in [0, 0.05) is 0 Å². The molecular formula is C6H7N. The molecule has 0 aliphatic carbocycles. The van der Waals surface area contributed by atoms with Crippen molar-refractivity contribution in [3.63, 3.8) is 0 Å². The SMILES string of the molecule is C=CC(C#N)C=C. The van der Waals surface area contributed by atoms with Crippen LogP contribution in [0.4, 0.5) is 0 Å². The van der Waals surface area contributed by atoms with Gasteiger partial charge >= 0.3 is 0 Å². The first-order valence-electron chi connectivity index (χ1n) is 2.00. The Morgan fingerprint density at radius 3 is 1.86 bits per heavy atom. The highest BCUT2D eigenvalue weighted by Crippen LogP contribution is 1.92. The Morgan fingerprint density at radius 1 is 1.43 bits per heavy atom. The van der Waals surface area contributed by atoms with E-state index in [0.717, 1.165) is 0 Å². The summed E-state index contributed by atoms with van der Waals surface area (Å²) < 4.78 is 0. The molecule has 1 heteroatoms. The second kappa shape index (κ2) is 3.17. The summed E-state index contributed by atoms with van der Waals surface area (Å²) >= 11 is 0. The van der Waals surface area contributed by atoms with Gasteiger partial charge in [-0.2, -0.15) is 5.26 Å². The third kappa shape index (κ3) is 1.77. The number of rotatable bonds is 2. The Balaban J connectivity index is 3.65. The second-order valence-electron chi connectivity index (χ2n) is 1.13. The van der Waals surface area contributed by atoms with Gasteiger partial charge in [-0.3, -0.25) is 0 Å². The van der Waals surface area contributed by atoms with Crippen LogP contribution < -0.4 is 0 Å². The fraction of sp³-hybridized carbons (Fsp3) is 0.167. The lowest BCUT2D eigenvalue weighted by Gasteiger charge is -1.84. The summed E-state index contributed by atoms with van der Waals surface area (Å²) in [6, 6.07) is 1.97. The molecule has 0 bridgehead atoms. The average molecular weight is 93.1 g/mol. The van der Waals surface area contributed by atoms with Crippen LogP contribution in [0.1, 0.15) is 0 Å². The van der Waals surface area contributed by atoms with E-state index >= 15 is 0 Å². The first-order chi connectivity index (χ1) is 3.35. The first-order valence-corrected chi connectivity index (χ1v) is 2.00. The van der Waals surface area contributed by atoms with Crippen molar-refractivity contribution in [1.29, 1.82) is 5.26 Å². The molecule has 0 aromatic carbocycles. The van der Waals surface area contributed by atoms with Gasteiger partial charge < -0.3 is 0 Å². The smallest absolute Gasteiger partial charge is 0.0819 e. The number of hydrogen-bond acceptors (Lipinski definition) is 1. The normalized spacial score (nSPS) is 7.43. The molecule has 0 fully saturated rings. The highest BCUT2D eigenvalue weighted by atomic mass is 14.2. The van der Waals surface area contributed by atoms with E-state index in [1.54, 1.807) is 12.2 Å². The maximum Gasteiger partial charge on any atom is 0.0819 e. The minimum absolute atomic E-state index is 0.181. The van der Waals surface area contributed by atoms with Gasteiger partial charge in [0.1, 0.15) is 0 Å². The fourth-order valence-corrected chi connectivity index (χ4v) is 0.202. The van der Waals surface area contributed by atoms with Crippen LogP contribution in [-0.2, 0) is 0 Å². The molecule has 0 amide bonds. The predicted molar refractivity (Wildman–Crippen MR) is 29.5 cm³/mol. The van der Waals surface area contributed by atoms with Crippen molar-refractivity contribution in [1.82, 2.24) is 0 Å². The summed E-state index contributed by atoms with van der Waals surface area (Å²) in [7, 11) is 0. The van der Waals surface area contributed by atoms with Crippen molar-refractivity contribution >= 4 is 0 Å². The molecule has 0 heterocycles.